The molecule has 140 valence electrons. The van der Waals surface area contributed by atoms with Crippen LogP contribution in [0.2, 0.25) is 0 Å². The van der Waals surface area contributed by atoms with Crippen molar-refractivity contribution in [3.63, 3.8) is 0 Å². The van der Waals surface area contributed by atoms with Crippen LogP contribution in [0, 0.1) is 13.8 Å². The number of carbonyl (C=O) groups is 1. The second kappa shape index (κ2) is 8.33. The predicted molar refractivity (Wildman–Crippen MR) is 110 cm³/mol. The summed E-state index contributed by atoms with van der Waals surface area (Å²) in [6, 6.07) is 9.63. The van der Waals surface area contributed by atoms with Crippen LogP contribution < -0.4 is 4.90 Å². The Balaban J connectivity index is 1.86. The third kappa shape index (κ3) is 3.85. The van der Waals surface area contributed by atoms with Gasteiger partial charge in [-0.2, -0.15) is 0 Å². The Hall–Kier alpha value is -1.69. The molecule has 0 fully saturated rings. The van der Waals surface area contributed by atoms with Gasteiger partial charge in [0.05, 0.1) is 6.67 Å². The summed E-state index contributed by atoms with van der Waals surface area (Å²) in [5, 5.41) is 1.13. The second-order valence-electron chi connectivity index (χ2n) is 6.89. The minimum Gasteiger partial charge on any atom is -0.303 e. The molecule has 5 heteroatoms. The Bertz CT molecular complexity index is 752. The highest BCUT2D eigenvalue weighted by Gasteiger charge is 2.31. The van der Waals surface area contributed by atoms with E-state index in [0.717, 1.165) is 43.3 Å². The minimum absolute atomic E-state index is 0.0978. The summed E-state index contributed by atoms with van der Waals surface area (Å²) < 4.78 is 0. The second-order valence-corrected chi connectivity index (χ2v) is 8.09. The number of carbonyl (C=O) groups excluding carboxylic acids is 1. The number of benzene rings is 1. The maximum Gasteiger partial charge on any atom is 0.260 e. The molecule has 0 spiro atoms. The van der Waals surface area contributed by atoms with E-state index in [1.165, 1.54) is 16.0 Å². The van der Waals surface area contributed by atoms with Gasteiger partial charge in [-0.15, -0.1) is 11.3 Å². The molecule has 0 saturated heterocycles. The average molecular weight is 372 g/mol. The van der Waals surface area contributed by atoms with E-state index in [4.69, 9.17) is 0 Å². The van der Waals surface area contributed by atoms with E-state index < -0.39 is 0 Å². The van der Waals surface area contributed by atoms with E-state index in [2.05, 4.69) is 37.5 Å². The fourth-order valence-electron chi connectivity index (χ4n) is 3.46. The lowest BCUT2D eigenvalue weighted by Gasteiger charge is -2.36. The zero-order valence-electron chi connectivity index (χ0n) is 16.3. The third-order valence-corrected chi connectivity index (χ3v) is 6.62. The molecule has 1 amide bonds. The van der Waals surface area contributed by atoms with Crippen LogP contribution in [0.25, 0.3) is 0 Å². The first-order chi connectivity index (χ1) is 12.5. The topological polar surface area (TPSA) is 26.8 Å². The van der Waals surface area contributed by atoms with Crippen LogP contribution in [-0.2, 0) is 6.54 Å². The van der Waals surface area contributed by atoms with Gasteiger partial charge in [-0.1, -0.05) is 32.0 Å². The van der Waals surface area contributed by atoms with Gasteiger partial charge in [-0.05, 0) is 44.6 Å². The number of hydrogen-bond acceptors (Lipinski definition) is 4. The molecule has 1 aromatic carbocycles. The number of fused-ring (bicyclic) bond motifs is 1. The van der Waals surface area contributed by atoms with Crippen molar-refractivity contribution in [1.29, 1.82) is 0 Å². The number of rotatable bonds is 6. The van der Waals surface area contributed by atoms with Crippen molar-refractivity contribution in [2.75, 3.05) is 37.7 Å². The van der Waals surface area contributed by atoms with Crippen molar-refractivity contribution in [1.82, 2.24) is 9.80 Å². The maximum atomic E-state index is 13.2. The van der Waals surface area contributed by atoms with Crippen LogP contribution in [0.5, 0.6) is 0 Å². The first-order valence-electron chi connectivity index (χ1n) is 9.45. The highest BCUT2D eigenvalue weighted by molar-refractivity contribution is 7.16. The molecule has 0 radical (unpaired) electrons. The molecular formula is C21H29N3OS. The fraction of sp³-hybridized carbons (Fsp3) is 0.476. The Kier molecular flexibility index (Phi) is 6.12. The van der Waals surface area contributed by atoms with Crippen molar-refractivity contribution >= 4 is 22.2 Å². The van der Waals surface area contributed by atoms with Gasteiger partial charge in [0.2, 0.25) is 0 Å². The van der Waals surface area contributed by atoms with E-state index in [-0.39, 0.29) is 5.91 Å². The monoisotopic (exact) mass is 371 g/mol. The Labute approximate surface area is 161 Å². The van der Waals surface area contributed by atoms with Gasteiger partial charge >= 0.3 is 0 Å². The molecule has 3 rings (SSSR count). The Morgan fingerprint density at radius 3 is 2.50 bits per heavy atom. The van der Waals surface area contributed by atoms with Crippen LogP contribution in [0.3, 0.4) is 0 Å². The molecule has 1 aromatic heterocycles. The fourth-order valence-corrected chi connectivity index (χ4v) is 4.62. The van der Waals surface area contributed by atoms with E-state index in [9.17, 15) is 4.79 Å². The molecule has 2 heterocycles. The van der Waals surface area contributed by atoms with E-state index >= 15 is 0 Å². The molecule has 0 N–H and O–H groups in total. The SMILES string of the molecule is CCN(CC)CCN1Cc2c(sc(C)c2C)N(C(=O)c2ccccc2)C1. The molecule has 0 unspecified atom stereocenters. The zero-order valence-corrected chi connectivity index (χ0v) is 17.1. The largest absolute Gasteiger partial charge is 0.303 e. The highest BCUT2D eigenvalue weighted by Crippen LogP contribution is 2.39. The number of aryl methyl sites for hydroxylation is 1. The summed E-state index contributed by atoms with van der Waals surface area (Å²) in [6.45, 7) is 14.5. The normalized spacial score (nSPS) is 14.7. The maximum absolute atomic E-state index is 13.2. The smallest absolute Gasteiger partial charge is 0.260 e. The van der Waals surface area contributed by atoms with Gasteiger partial charge in [0.15, 0.2) is 0 Å². The molecule has 4 nitrogen and oxygen atoms in total. The van der Waals surface area contributed by atoms with Crippen LogP contribution in [0.4, 0.5) is 5.00 Å². The molecule has 1 aliphatic heterocycles. The summed E-state index contributed by atoms with van der Waals surface area (Å²) in [4.78, 5) is 21.3. The summed E-state index contributed by atoms with van der Waals surface area (Å²) in [6.07, 6.45) is 0. The molecule has 26 heavy (non-hydrogen) atoms. The van der Waals surface area contributed by atoms with Crippen molar-refractivity contribution in [3.05, 3.63) is 51.9 Å². The van der Waals surface area contributed by atoms with E-state index in [0.29, 0.717) is 6.67 Å². The van der Waals surface area contributed by atoms with Gasteiger partial charge < -0.3 is 4.90 Å². The molecule has 0 aliphatic carbocycles. The van der Waals surface area contributed by atoms with Crippen LogP contribution in [0.1, 0.15) is 40.2 Å². The molecule has 0 saturated carbocycles. The number of hydrogen-bond donors (Lipinski definition) is 0. The lowest BCUT2D eigenvalue weighted by atomic mass is 10.1. The van der Waals surface area contributed by atoms with Crippen LogP contribution in [0.15, 0.2) is 30.3 Å². The first kappa shape index (κ1) is 19.1. The molecule has 1 aliphatic rings. The van der Waals surface area contributed by atoms with E-state index in [1.807, 2.05) is 35.2 Å². The molecular weight excluding hydrogens is 342 g/mol. The van der Waals surface area contributed by atoms with Crippen molar-refractivity contribution < 1.29 is 4.79 Å². The van der Waals surface area contributed by atoms with Crippen molar-refractivity contribution in [2.24, 2.45) is 0 Å². The summed E-state index contributed by atoms with van der Waals surface area (Å²) >= 11 is 1.75. The molecule has 2 aromatic rings. The lowest BCUT2D eigenvalue weighted by molar-refractivity contribution is 0.0955. The Morgan fingerprint density at radius 1 is 1.15 bits per heavy atom. The van der Waals surface area contributed by atoms with Gasteiger partial charge in [-0.25, -0.2) is 0 Å². The number of amides is 1. The summed E-state index contributed by atoms with van der Waals surface area (Å²) in [7, 11) is 0. The highest BCUT2D eigenvalue weighted by atomic mass is 32.1. The standard InChI is InChI=1S/C21H29N3OS/c1-5-22(6-2)12-13-23-14-19-16(3)17(4)26-21(19)24(15-23)20(25)18-10-8-7-9-11-18/h7-11H,5-6,12-15H2,1-4H3. The van der Waals surface area contributed by atoms with Gasteiger partial charge in [0.1, 0.15) is 5.00 Å². The van der Waals surface area contributed by atoms with E-state index in [1.54, 1.807) is 11.3 Å². The lowest BCUT2D eigenvalue weighted by Crippen LogP contribution is -2.47. The van der Waals surface area contributed by atoms with Crippen molar-refractivity contribution in [3.8, 4) is 0 Å². The first-order valence-corrected chi connectivity index (χ1v) is 10.3. The van der Waals surface area contributed by atoms with Gasteiger partial charge in [0.25, 0.3) is 5.91 Å². The molecule has 0 atom stereocenters. The average Bonchev–Trinajstić information content (AvgIpc) is 2.96. The molecule has 0 bridgehead atoms. The predicted octanol–water partition coefficient (Wildman–Crippen LogP) is 4.13. The quantitative estimate of drug-likeness (QED) is 0.764. The number of likely N-dealkylation sites (N-methyl/N-ethyl adjacent to an activating group) is 1. The number of thiophene rings is 1. The van der Waals surface area contributed by atoms with Crippen LogP contribution in [-0.4, -0.2) is 48.6 Å². The number of nitrogens with zero attached hydrogens (tertiary/aromatic N) is 3. The van der Waals surface area contributed by atoms with Crippen LogP contribution >= 0.6 is 11.3 Å². The van der Waals surface area contributed by atoms with Gasteiger partial charge in [0, 0.05) is 35.6 Å². The Morgan fingerprint density at radius 2 is 1.85 bits per heavy atom. The summed E-state index contributed by atoms with van der Waals surface area (Å²) in [5.41, 5.74) is 3.42. The minimum atomic E-state index is 0.0978. The van der Waals surface area contributed by atoms with Crippen molar-refractivity contribution in [2.45, 2.75) is 34.2 Å². The third-order valence-electron chi connectivity index (χ3n) is 5.35. The van der Waals surface area contributed by atoms with Gasteiger partial charge in [-0.3, -0.25) is 14.6 Å². The zero-order chi connectivity index (χ0) is 18.7. The summed E-state index contributed by atoms with van der Waals surface area (Å²) in [5.74, 6) is 0.0978. The number of anilines is 1.